The van der Waals surface area contributed by atoms with Crippen molar-refractivity contribution < 1.29 is 19.2 Å². The van der Waals surface area contributed by atoms with E-state index >= 15 is 0 Å². The van der Waals surface area contributed by atoms with Gasteiger partial charge in [-0.1, -0.05) is 18.7 Å². The van der Waals surface area contributed by atoms with Crippen molar-refractivity contribution in [3.05, 3.63) is 70.3 Å². The summed E-state index contributed by atoms with van der Waals surface area (Å²) in [6.45, 7) is 5.52. The third kappa shape index (κ3) is 4.35. The molecule has 0 spiro atoms. The van der Waals surface area contributed by atoms with Crippen LogP contribution in [0.4, 0.5) is 11.4 Å². The molecule has 2 aromatic rings. The molecule has 0 saturated heterocycles. The maximum Gasteiger partial charge on any atom is 0.274 e. The van der Waals surface area contributed by atoms with Crippen LogP contribution in [0.5, 0.6) is 11.5 Å². The number of hydrogen-bond acceptors (Lipinski definition) is 5. The Balaban J connectivity index is 2.22. The number of carbonyl (C=O) groups excluding carboxylic acids is 1. The molecule has 7 heteroatoms. The van der Waals surface area contributed by atoms with E-state index in [9.17, 15) is 14.9 Å². The summed E-state index contributed by atoms with van der Waals surface area (Å²) in [5.41, 5.74) is 1.15. The summed E-state index contributed by atoms with van der Waals surface area (Å²) in [4.78, 5) is 22.9. The van der Waals surface area contributed by atoms with Gasteiger partial charge in [0.15, 0.2) is 11.5 Å². The summed E-state index contributed by atoms with van der Waals surface area (Å²) >= 11 is 0. The number of benzene rings is 2. The fourth-order valence-corrected chi connectivity index (χ4v) is 2.16. The largest absolute Gasteiger partial charge is 0.493 e. The average molecular weight is 342 g/mol. The molecule has 7 nitrogen and oxygen atoms in total. The average Bonchev–Trinajstić information content (AvgIpc) is 2.61. The third-order valence-corrected chi connectivity index (χ3v) is 3.45. The molecule has 2 rings (SSSR count). The van der Waals surface area contributed by atoms with E-state index in [1.54, 1.807) is 37.3 Å². The Morgan fingerprint density at radius 3 is 2.68 bits per heavy atom. The molecule has 2 aromatic carbocycles. The van der Waals surface area contributed by atoms with Crippen molar-refractivity contribution in [3.8, 4) is 11.5 Å². The number of carbonyl (C=O) groups is 1. The van der Waals surface area contributed by atoms with Gasteiger partial charge in [0.2, 0.25) is 0 Å². The second kappa shape index (κ2) is 7.96. The summed E-state index contributed by atoms with van der Waals surface area (Å²) in [5, 5.41) is 13.6. The van der Waals surface area contributed by atoms with Crippen molar-refractivity contribution >= 4 is 17.3 Å². The molecule has 0 unspecified atom stereocenters. The molecule has 0 aliphatic heterocycles. The zero-order valence-electron chi connectivity index (χ0n) is 13.9. The molecule has 1 amide bonds. The van der Waals surface area contributed by atoms with Crippen LogP contribution in [-0.2, 0) is 0 Å². The second-order valence-corrected chi connectivity index (χ2v) is 5.18. The standard InChI is InChI=1S/C18H18N2O5/c1-4-9-25-16-8-6-13(10-17(16)24-3)18(21)19-14-7-5-12(2)15(11-14)20(22)23/h4-8,10-11H,1,9H2,2-3H3,(H,19,21). The van der Waals surface area contributed by atoms with Crippen LogP contribution in [0.3, 0.4) is 0 Å². The maximum atomic E-state index is 12.4. The molecule has 0 fully saturated rings. The summed E-state index contributed by atoms with van der Waals surface area (Å²) in [5.74, 6) is 0.487. The number of nitro benzene ring substituents is 1. The van der Waals surface area contributed by atoms with Gasteiger partial charge in [0.25, 0.3) is 11.6 Å². The van der Waals surface area contributed by atoms with Gasteiger partial charge in [0.05, 0.1) is 12.0 Å². The van der Waals surface area contributed by atoms with Gasteiger partial charge in [-0.05, 0) is 31.2 Å². The van der Waals surface area contributed by atoms with E-state index in [1.165, 1.54) is 19.2 Å². The van der Waals surface area contributed by atoms with E-state index in [2.05, 4.69) is 11.9 Å². The molecule has 130 valence electrons. The SMILES string of the molecule is C=CCOc1ccc(C(=O)Nc2ccc(C)c([N+](=O)[O-])c2)cc1OC. The van der Waals surface area contributed by atoms with Crippen molar-refractivity contribution in [1.29, 1.82) is 0 Å². The van der Waals surface area contributed by atoms with Crippen LogP contribution in [0, 0.1) is 17.0 Å². The molecule has 0 atom stereocenters. The quantitative estimate of drug-likeness (QED) is 0.470. The van der Waals surface area contributed by atoms with Crippen LogP contribution < -0.4 is 14.8 Å². The Hall–Kier alpha value is -3.35. The number of nitrogens with zero attached hydrogens (tertiary/aromatic N) is 1. The predicted octanol–water partition coefficient (Wildman–Crippen LogP) is 3.73. The van der Waals surface area contributed by atoms with E-state index in [-0.39, 0.29) is 5.69 Å². The number of ether oxygens (including phenoxy) is 2. The maximum absolute atomic E-state index is 12.4. The smallest absolute Gasteiger partial charge is 0.274 e. The van der Waals surface area contributed by atoms with Gasteiger partial charge in [0.1, 0.15) is 6.61 Å². The van der Waals surface area contributed by atoms with Crippen molar-refractivity contribution in [2.24, 2.45) is 0 Å². The Labute approximate surface area is 145 Å². The van der Waals surface area contributed by atoms with Gasteiger partial charge in [-0.3, -0.25) is 14.9 Å². The van der Waals surface area contributed by atoms with Gasteiger partial charge >= 0.3 is 0 Å². The second-order valence-electron chi connectivity index (χ2n) is 5.18. The summed E-state index contributed by atoms with van der Waals surface area (Å²) in [6, 6.07) is 9.26. The highest BCUT2D eigenvalue weighted by Crippen LogP contribution is 2.29. The number of amides is 1. The molecule has 1 N–H and O–H groups in total. The van der Waals surface area contributed by atoms with E-state index < -0.39 is 10.8 Å². The zero-order valence-corrected chi connectivity index (χ0v) is 13.9. The van der Waals surface area contributed by atoms with Crippen LogP contribution >= 0.6 is 0 Å². The monoisotopic (exact) mass is 342 g/mol. The number of anilines is 1. The number of rotatable bonds is 7. The minimum absolute atomic E-state index is 0.0523. The van der Waals surface area contributed by atoms with Gasteiger partial charge in [-0.25, -0.2) is 0 Å². The number of nitro groups is 1. The molecule has 0 saturated carbocycles. The third-order valence-electron chi connectivity index (χ3n) is 3.45. The highest BCUT2D eigenvalue weighted by atomic mass is 16.6. The van der Waals surface area contributed by atoms with Crippen molar-refractivity contribution in [1.82, 2.24) is 0 Å². The van der Waals surface area contributed by atoms with Crippen LogP contribution in [0.2, 0.25) is 0 Å². The molecule has 0 bridgehead atoms. The van der Waals surface area contributed by atoms with E-state index in [0.717, 1.165) is 0 Å². The molecule has 0 radical (unpaired) electrons. The minimum atomic E-state index is -0.486. The van der Waals surface area contributed by atoms with Crippen LogP contribution in [0.15, 0.2) is 49.1 Å². The van der Waals surface area contributed by atoms with E-state index in [0.29, 0.717) is 34.9 Å². The molecular formula is C18H18N2O5. The zero-order chi connectivity index (χ0) is 18.4. The lowest BCUT2D eigenvalue weighted by molar-refractivity contribution is -0.385. The van der Waals surface area contributed by atoms with Crippen molar-refractivity contribution in [3.63, 3.8) is 0 Å². The number of aryl methyl sites for hydroxylation is 1. The van der Waals surface area contributed by atoms with Crippen LogP contribution in [-0.4, -0.2) is 24.5 Å². The Kier molecular flexibility index (Phi) is 5.73. The predicted molar refractivity (Wildman–Crippen MR) is 94.5 cm³/mol. The van der Waals surface area contributed by atoms with Gasteiger partial charge in [0, 0.05) is 22.9 Å². The Morgan fingerprint density at radius 1 is 1.28 bits per heavy atom. The molecule has 0 heterocycles. The van der Waals surface area contributed by atoms with E-state index in [1.807, 2.05) is 0 Å². The Bertz CT molecular complexity index is 817. The molecule has 25 heavy (non-hydrogen) atoms. The minimum Gasteiger partial charge on any atom is -0.493 e. The first kappa shape index (κ1) is 18.0. The number of nitrogens with one attached hydrogen (secondary N) is 1. The number of hydrogen-bond donors (Lipinski definition) is 1. The molecule has 0 aromatic heterocycles. The van der Waals surface area contributed by atoms with E-state index in [4.69, 9.17) is 9.47 Å². The topological polar surface area (TPSA) is 90.7 Å². The lowest BCUT2D eigenvalue weighted by Crippen LogP contribution is -2.12. The summed E-state index contributed by atoms with van der Waals surface area (Å²) in [7, 11) is 1.47. The first-order valence-electron chi connectivity index (χ1n) is 7.44. The Morgan fingerprint density at radius 2 is 2.04 bits per heavy atom. The van der Waals surface area contributed by atoms with Gasteiger partial charge in [-0.2, -0.15) is 0 Å². The lowest BCUT2D eigenvalue weighted by atomic mass is 10.1. The lowest BCUT2D eigenvalue weighted by Gasteiger charge is -2.11. The molecular weight excluding hydrogens is 324 g/mol. The molecule has 0 aliphatic carbocycles. The first-order chi connectivity index (χ1) is 12.0. The first-order valence-corrected chi connectivity index (χ1v) is 7.44. The van der Waals surface area contributed by atoms with Crippen LogP contribution in [0.1, 0.15) is 15.9 Å². The highest BCUT2D eigenvalue weighted by Gasteiger charge is 2.15. The fourth-order valence-electron chi connectivity index (χ4n) is 2.16. The van der Waals surface area contributed by atoms with Crippen LogP contribution in [0.25, 0.3) is 0 Å². The van der Waals surface area contributed by atoms with Crippen molar-refractivity contribution in [2.45, 2.75) is 6.92 Å². The highest BCUT2D eigenvalue weighted by molar-refractivity contribution is 6.04. The molecule has 0 aliphatic rings. The normalized spacial score (nSPS) is 10.0. The summed E-state index contributed by atoms with van der Waals surface area (Å²) in [6.07, 6.45) is 1.60. The van der Waals surface area contributed by atoms with Crippen molar-refractivity contribution in [2.75, 3.05) is 19.0 Å². The summed E-state index contributed by atoms with van der Waals surface area (Å²) < 4.78 is 10.7. The van der Waals surface area contributed by atoms with Gasteiger partial charge < -0.3 is 14.8 Å². The number of methoxy groups -OCH3 is 1. The van der Waals surface area contributed by atoms with Gasteiger partial charge in [-0.15, -0.1) is 0 Å². The fraction of sp³-hybridized carbons (Fsp3) is 0.167.